The van der Waals surface area contributed by atoms with Gasteiger partial charge < -0.3 is 15.4 Å². The van der Waals surface area contributed by atoms with Gasteiger partial charge in [-0.1, -0.05) is 24.3 Å². The fraction of sp³-hybridized carbons (Fsp3) is 0.100. The van der Waals surface area contributed by atoms with Crippen molar-refractivity contribution in [3.8, 4) is 5.75 Å². The van der Waals surface area contributed by atoms with Gasteiger partial charge in [0, 0.05) is 11.8 Å². The van der Waals surface area contributed by atoms with E-state index < -0.39 is 0 Å². The summed E-state index contributed by atoms with van der Waals surface area (Å²) in [5.74, 6) is -0.248. The van der Waals surface area contributed by atoms with E-state index >= 15 is 0 Å². The van der Waals surface area contributed by atoms with Crippen LogP contribution in [0.2, 0.25) is 0 Å². The zero-order valence-corrected chi connectivity index (χ0v) is 15.6. The zero-order chi connectivity index (χ0) is 19.8. The third kappa shape index (κ3) is 5.82. The Kier molecular flexibility index (Phi) is 6.59. The number of carbonyl (C=O) groups is 2. The van der Waals surface area contributed by atoms with E-state index in [9.17, 15) is 14.0 Å². The molecule has 6 nitrogen and oxygen atoms in total. The Hall–Kier alpha value is -3.39. The molecule has 0 spiro atoms. The SMILES string of the molecule is O=C(Nc1ccccc1)Nc1ccc(C(=O)NCCOc2cccc(F)c2)s1. The summed E-state index contributed by atoms with van der Waals surface area (Å²) < 4.78 is 18.4. The molecule has 144 valence electrons. The van der Waals surface area contributed by atoms with E-state index in [1.54, 1.807) is 36.4 Å². The highest BCUT2D eigenvalue weighted by Gasteiger charge is 2.11. The van der Waals surface area contributed by atoms with Crippen molar-refractivity contribution in [2.75, 3.05) is 23.8 Å². The highest BCUT2D eigenvalue weighted by molar-refractivity contribution is 7.18. The maximum Gasteiger partial charge on any atom is 0.324 e. The van der Waals surface area contributed by atoms with Crippen molar-refractivity contribution in [2.45, 2.75) is 0 Å². The first kappa shape index (κ1) is 19.4. The number of hydrogen-bond acceptors (Lipinski definition) is 4. The molecule has 0 bridgehead atoms. The van der Waals surface area contributed by atoms with E-state index in [0.717, 1.165) is 11.3 Å². The molecule has 3 amide bonds. The maximum atomic E-state index is 13.1. The van der Waals surface area contributed by atoms with Crippen molar-refractivity contribution < 1.29 is 18.7 Å². The van der Waals surface area contributed by atoms with Crippen LogP contribution in [0.25, 0.3) is 0 Å². The summed E-state index contributed by atoms with van der Waals surface area (Å²) in [5, 5.41) is 8.66. The molecule has 2 aromatic carbocycles. The smallest absolute Gasteiger partial charge is 0.324 e. The number of benzene rings is 2. The molecule has 0 unspecified atom stereocenters. The van der Waals surface area contributed by atoms with Gasteiger partial charge in [0.1, 0.15) is 18.2 Å². The summed E-state index contributed by atoms with van der Waals surface area (Å²) in [4.78, 5) is 24.6. The van der Waals surface area contributed by atoms with Crippen LogP contribution >= 0.6 is 11.3 Å². The predicted octanol–water partition coefficient (Wildman–Crippen LogP) is 4.34. The van der Waals surface area contributed by atoms with Gasteiger partial charge in [-0.05, 0) is 36.4 Å². The number of ether oxygens (including phenoxy) is 1. The van der Waals surface area contributed by atoms with Gasteiger partial charge >= 0.3 is 6.03 Å². The van der Waals surface area contributed by atoms with Gasteiger partial charge in [0.2, 0.25) is 0 Å². The number of carbonyl (C=O) groups excluding carboxylic acids is 2. The zero-order valence-electron chi connectivity index (χ0n) is 14.8. The number of halogens is 1. The molecule has 28 heavy (non-hydrogen) atoms. The first-order valence-electron chi connectivity index (χ1n) is 8.49. The molecule has 0 atom stereocenters. The summed E-state index contributed by atoms with van der Waals surface area (Å²) in [6.07, 6.45) is 0. The second-order valence-corrected chi connectivity index (χ2v) is 6.75. The van der Waals surface area contributed by atoms with E-state index in [0.29, 0.717) is 21.3 Å². The summed E-state index contributed by atoms with van der Waals surface area (Å²) in [6, 6.07) is 17.8. The third-order valence-electron chi connectivity index (χ3n) is 3.55. The fourth-order valence-electron chi connectivity index (χ4n) is 2.30. The van der Waals surface area contributed by atoms with E-state index in [2.05, 4.69) is 16.0 Å². The summed E-state index contributed by atoms with van der Waals surface area (Å²) in [5.41, 5.74) is 0.674. The van der Waals surface area contributed by atoms with Crippen LogP contribution in [0.5, 0.6) is 5.75 Å². The molecule has 8 heteroatoms. The molecule has 0 aliphatic carbocycles. The van der Waals surface area contributed by atoms with Crippen LogP contribution in [-0.2, 0) is 0 Å². The lowest BCUT2D eigenvalue weighted by Gasteiger charge is -2.07. The van der Waals surface area contributed by atoms with Crippen LogP contribution in [0.3, 0.4) is 0 Å². The number of urea groups is 1. The van der Waals surface area contributed by atoms with Crippen LogP contribution in [-0.4, -0.2) is 25.1 Å². The number of para-hydroxylation sites is 1. The van der Waals surface area contributed by atoms with E-state index in [-0.39, 0.29) is 30.9 Å². The summed E-state index contributed by atoms with van der Waals surface area (Å²) in [7, 11) is 0. The van der Waals surface area contributed by atoms with E-state index in [1.165, 1.54) is 12.1 Å². The standard InChI is InChI=1S/C20H18FN3O3S/c21-14-5-4-8-16(13-14)27-12-11-22-19(25)17-9-10-18(28-17)24-20(26)23-15-6-2-1-3-7-15/h1-10,13H,11-12H2,(H,22,25)(H2,23,24,26). The molecule has 1 heterocycles. The molecule has 3 N–H and O–H groups in total. The second-order valence-electron chi connectivity index (χ2n) is 5.67. The number of anilines is 2. The average molecular weight is 399 g/mol. The molecule has 3 rings (SSSR count). The van der Waals surface area contributed by atoms with Crippen molar-refractivity contribution >= 4 is 34.0 Å². The Balaban J connectivity index is 1.42. The molecule has 0 aliphatic heterocycles. The third-order valence-corrected chi connectivity index (χ3v) is 4.55. The van der Waals surface area contributed by atoms with Crippen LogP contribution in [0, 0.1) is 5.82 Å². The molecule has 0 fully saturated rings. The van der Waals surface area contributed by atoms with Crippen molar-refractivity contribution in [3.63, 3.8) is 0 Å². The minimum Gasteiger partial charge on any atom is -0.492 e. The Labute approximate surface area is 165 Å². The predicted molar refractivity (Wildman–Crippen MR) is 108 cm³/mol. The number of amides is 3. The lowest BCUT2D eigenvalue weighted by atomic mass is 10.3. The minimum absolute atomic E-state index is 0.213. The Morgan fingerprint density at radius 3 is 2.57 bits per heavy atom. The van der Waals surface area contributed by atoms with E-state index in [4.69, 9.17) is 4.74 Å². The first-order valence-corrected chi connectivity index (χ1v) is 9.31. The van der Waals surface area contributed by atoms with Gasteiger partial charge in [-0.25, -0.2) is 9.18 Å². The van der Waals surface area contributed by atoms with Gasteiger partial charge in [-0.15, -0.1) is 11.3 Å². The van der Waals surface area contributed by atoms with Crippen molar-refractivity contribution in [1.29, 1.82) is 0 Å². The van der Waals surface area contributed by atoms with Gasteiger partial charge in [-0.2, -0.15) is 0 Å². The molecule has 1 aromatic heterocycles. The Bertz CT molecular complexity index is 947. The van der Waals surface area contributed by atoms with Gasteiger partial charge in [0.15, 0.2) is 0 Å². The highest BCUT2D eigenvalue weighted by Crippen LogP contribution is 2.22. The molecular weight excluding hydrogens is 381 g/mol. The van der Waals surface area contributed by atoms with E-state index in [1.807, 2.05) is 18.2 Å². The van der Waals surface area contributed by atoms with Gasteiger partial charge in [0.25, 0.3) is 5.91 Å². The molecular formula is C20H18FN3O3S. The number of nitrogens with one attached hydrogen (secondary N) is 3. The van der Waals surface area contributed by atoms with Crippen molar-refractivity contribution in [1.82, 2.24) is 5.32 Å². The molecule has 0 radical (unpaired) electrons. The van der Waals surface area contributed by atoms with Crippen LogP contribution < -0.4 is 20.7 Å². The lowest BCUT2D eigenvalue weighted by molar-refractivity contribution is 0.0951. The lowest BCUT2D eigenvalue weighted by Crippen LogP contribution is -2.27. The number of rotatable bonds is 7. The molecule has 0 saturated heterocycles. The molecule has 0 saturated carbocycles. The highest BCUT2D eigenvalue weighted by atomic mass is 32.1. The number of thiophene rings is 1. The topological polar surface area (TPSA) is 79.5 Å². The molecule has 0 aliphatic rings. The largest absolute Gasteiger partial charge is 0.492 e. The van der Waals surface area contributed by atoms with Gasteiger partial charge in [-0.3, -0.25) is 10.1 Å². The Morgan fingerprint density at radius 2 is 1.79 bits per heavy atom. The average Bonchev–Trinajstić information content (AvgIpc) is 3.14. The summed E-state index contributed by atoms with van der Waals surface area (Å²) >= 11 is 1.16. The second kappa shape index (κ2) is 9.52. The Morgan fingerprint density at radius 1 is 0.964 bits per heavy atom. The first-order chi connectivity index (χ1) is 13.6. The number of hydrogen-bond donors (Lipinski definition) is 3. The molecule has 3 aromatic rings. The summed E-state index contributed by atoms with van der Waals surface area (Å²) in [6.45, 7) is 0.482. The van der Waals surface area contributed by atoms with Crippen LogP contribution in [0.1, 0.15) is 9.67 Å². The maximum absolute atomic E-state index is 13.1. The minimum atomic E-state index is -0.386. The quantitative estimate of drug-likeness (QED) is 0.517. The monoisotopic (exact) mass is 399 g/mol. The van der Waals surface area contributed by atoms with Gasteiger partial charge in [0.05, 0.1) is 16.4 Å². The fourth-order valence-corrected chi connectivity index (χ4v) is 3.12. The van der Waals surface area contributed by atoms with Crippen molar-refractivity contribution in [2.24, 2.45) is 0 Å². The van der Waals surface area contributed by atoms with Crippen LogP contribution in [0.4, 0.5) is 19.9 Å². The normalized spacial score (nSPS) is 10.2. The van der Waals surface area contributed by atoms with Crippen molar-refractivity contribution in [3.05, 3.63) is 77.4 Å². The van der Waals surface area contributed by atoms with Crippen LogP contribution in [0.15, 0.2) is 66.7 Å².